The molecule has 218 valence electrons. The van der Waals surface area contributed by atoms with Crippen LogP contribution in [0, 0.1) is 0 Å². The largest absolute Gasteiger partial charge is 0.508 e. The van der Waals surface area contributed by atoms with Crippen LogP contribution in [0.15, 0.2) is 59.2 Å². The van der Waals surface area contributed by atoms with Crippen molar-refractivity contribution in [3.05, 3.63) is 71.6 Å². The summed E-state index contributed by atoms with van der Waals surface area (Å²) in [4.78, 5) is 44.5. The number of aromatic hydroxyl groups is 2. The predicted molar refractivity (Wildman–Crippen MR) is 149 cm³/mol. The number of anilines is 1. The van der Waals surface area contributed by atoms with Gasteiger partial charge in [-0.05, 0) is 56.0 Å². The van der Waals surface area contributed by atoms with Crippen molar-refractivity contribution in [2.75, 3.05) is 32.1 Å². The monoisotopic (exact) mass is 566 g/mol. The molecule has 4 rings (SSSR count). The first kappa shape index (κ1) is 29.6. The van der Waals surface area contributed by atoms with E-state index >= 15 is 0 Å². The van der Waals surface area contributed by atoms with E-state index in [1.807, 2.05) is 13.1 Å². The maximum absolute atomic E-state index is 13.8. The van der Waals surface area contributed by atoms with Gasteiger partial charge in [-0.25, -0.2) is 9.59 Å². The van der Waals surface area contributed by atoms with Crippen molar-refractivity contribution < 1.29 is 38.2 Å². The number of nitrogens with two attached hydrogens (primary N) is 1. The van der Waals surface area contributed by atoms with E-state index in [0.717, 1.165) is 35.3 Å². The van der Waals surface area contributed by atoms with Crippen LogP contribution in [0.1, 0.15) is 41.4 Å². The molecule has 0 bridgehead atoms. The van der Waals surface area contributed by atoms with Gasteiger partial charge < -0.3 is 29.6 Å². The summed E-state index contributed by atoms with van der Waals surface area (Å²) in [5.41, 5.74) is 7.89. The van der Waals surface area contributed by atoms with Gasteiger partial charge in [0.15, 0.2) is 5.69 Å². The molecule has 3 aromatic rings. The topological polar surface area (TPSA) is 168 Å². The summed E-state index contributed by atoms with van der Waals surface area (Å²) in [6, 6.07) is 10.8. The third kappa shape index (κ3) is 7.62. The summed E-state index contributed by atoms with van der Waals surface area (Å²) in [7, 11) is 2.05. The third-order valence-electron chi connectivity index (χ3n) is 7.09. The van der Waals surface area contributed by atoms with E-state index in [1.165, 1.54) is 12.1 Å². The summed E-state index contributed by atoms with van der Waals surface area (Å²) in [6.07, 6.45) is 2.53. The molecule has 3 amide bonds. The van der Waals surface area contributed by atoms with Gasteiger partial charge in [0, 0.05) is 5.56 Å². The molecule has 41 heavy (non-hydrogen) atoms. The van der Waals surface area contributed by atoms with Crippen LogP contribution in [0.4, 0.5) is 10.8 Å². The number of amides is 3. The summed E-state index contributed by atoms with van der Waals surface area (Å²) < 4.78 is 10.7. The number of phenolic OH excluding ortho intramolecular Hbond substituents is 2. The van der Waals surface area contributed by atoms with Crippen LogP contribution in [0.5, 0.6) is 11.5 Å². The first-order chi connectivity index (χ1) is 19.6. The Bertz CT molecular complexity index is 1380. The number of benzene rings is 2. The highest BCUT2D eigenvalue weighted by molar-refractivity contribution is 6.02. The molecule has 12 nitrogen and oxygen atoms in total. The maximum Gasteiger partial charge on any atom is 0.360 e. The van der Waals surface area contributed by atoms with E-state index in [2.05, 4.69) is 10.3 Å². The van der Waals surface area contributed by atoms with Gasteiger partial charge in [0.2, 0.25) is 5.91 Å². The van der Waals surface area contributed by atoms with Gasteiger partial charge in [-0.2, -0.15) is 4.98 Å². The molecule has 1 saturated heterocycles. The highest BCUT2D eigenvalue weighted by atomic mass is 16.5. The number of urea groups is 1. The second-order valence-corrected chi connectivity index (χ2v) is 10.5. The number of nitrogens with zero attached hydrogens (tertiary/aromatic N) is 3. The quantitative estimate of drug-likeness (QED) is 0.225. The molecule has 1 aliphatic rings. The SMILES string of the molecule is CCOC(=O)c1coc(NC(=O)N(C(=O)[C@@H](N)Cc2ccc(O)cc2)[C@H]2CCC[N+](C)(Cc3cccc(O)c3)C2)n1. The number of likely N-dealkylation sites (tertiary alicyclic amines) is 1. The van der Waals surface area contributed by atoms with E-state index in [9.17, 15) is 24.6 Å². The van der Waals surface area contributed by atoms with E-state index in [-0.39, 0.29) is 36.2 Å². The molecular weight excluding hydrogens is 530 g/mol. The van der Waals surface area contributed by atoms with Crippen molar-refractivity contribution in [2.24, 2.45) is 5.73 Å². The minimum absolute atomic E-state index is 0.0915. The predicted octanol–water partition coefficient (Wildman–Crippen LogP) is 3.00. The molecule has 12 heteroatoms. The first-order valence-electron chi connectivity index (χ1n) is 13.5. The van der Waals surface area contributed by atoms with E-state index < -0.39 is 30.0 Å². The smallest absolute Gasteiger partial charge is 0.360 e. The molecule has 0 spiro atoms. The lowest BCUT2D eigenvalue weighted by atomic mass is 9.98. The van der Waals surface area contributed by atoms with Crippen molar-refractivity contribution in [3.63, 3.8) is 0 Å². The fourth-order valence-corrected chi connectivity index (χ4v) is 5.23. The van der Waals surface area contributed by atoms with Crippen LogP contribution < -0.4 is 11.1 Å². The molecule has 1 fully saturated rings. The number of quaternary nitrogens is 1. The molecule has 0 radical (unpaired) electrons. The summed E-state index contributed by atoms with van der Waals surface area (Å²) in [5.74, 6) is -1.02. The Hall–Kier alpha value is -4.42. The highest BCUT2D eigenvalue weighted by Crippen LogP contribution is 2.26. The molecule has 0 saturated carbocycles. The number of esters is 1. The Kier molecular flexibility index (Phi) is 9.25. The van der Waals surface area contributed by atoms with Crippen molar-refractivity contribution in [2.45, 2.75) is 44.8 Å². The molecule has 3 atom stereocenters. The number of aromatic nitrogens is 1. The van der Waals surface area contributed by atoms with Crippen LogP contribution >= 0.6 is 0 Å². The number of imide groups is 1. The average Bonchev–Trinajstić information content (AvgIpc) is 3.38. The molecule has 1 aromatic heterocycles. The minimum Gasteiger partial charge on any atom is -0.508 e. The van der Waals surface area contributed by atoms with Crippen LogP contribution in [0.2, 0.25) is 0 Å². The van der Waals surface area contributed by atoms with Gasteiger partial charge in [-0.15, -0.1) is 0 Å². The van der Waals surface area contributed by atoms with Gasteiger partial charge >= 0.3 is 18.0 Å². The second-order valence-electron chi connectivity index (χ2n) is 10.5. The second kappa shape index (κ2) is 12.8. The number of oxazole rings is 1. The minimum atomic E-state index is -1.04. The number of likely N-dealkylation sites (N-methyl/N-ethyl adjacent to an activating group) is 1. The van der Waals surface area contributed by atoms with E-state index in [0.29, 0.717) is 24.0 Å². The Balaban J connectivity index is 1.57. The molecular formula is C29H36N5O7+. The van der Waals surface area contributed by atoms with Gasteiger partial charge in [-0.3, -0.25) is 15.0 Å². The Morgan fingerprint density at radius 3 is 2.63 bits per heavy atom. The summed E-state index contributed by atoms with van der Waals surface area (Å²) in [5, 5.41) is 22.0. The maximum atomic E-state index is 13.8. The lowest BCUT2D eigenvalue weighted by Crippen LogP contribution is -2.62. The standard InChI is InChI=1S/C29H35N5O7/c1-3-40-27(38)25-18-41-28(31-25)32-29(39)33(26(37)24(30)15-19-9-11-22(35)12-10-19)21-7-5-13-34(2,17-21)16-20-6-4-8-23(36)14-20/h4,6,8-12,14,18,21,24H,3,5,7,13,15-17,30H2,1-2H3,(H2-,31,32,35,36,39)/p+1/t21-,24-,34?/m0/s1. The molecule has 0 aliphatic carbocycles. The van der Waals surface area contributed by atoms with Crippen molar-refractivity contribution in [1.29, 1.82) is 0 Å². The van der Waals surface area contributed by atoms with Gasteiger partial charge in [0.25, 0.3) is 0 Å². The number of hydrogen-bond donors (Lipinski definition) is 4. The molecule has 1 unspecified atom stereocenters. The van der Waals surface area contributed by atoms with Crippen molar-refractivity contribution >= 4 is 23.9 Å². The average molecular weight is 567 g/mol. The fraction of sp³-hybridized carbons (Fsp3) is 0.379. The molecule has 2 aromatic carbocycles. The Morgan fingerprint density at radius 1 is 1.17 bits per heavy atom. The number of phenols is 2. The fourth-order valence-electron chi connectivity index (χ4n) is 5.23. The summed E-state index contributed by atoms with van der Waals surface area (Å²) >= 11 is 0. The highest BCUT2D eigenvalue weighted by Gasteiger charge is 2.41. The van der Waals surface area contributed by atoms with E-state index in [1.54, 1.807) is 37.3 Å². The summed E-state index contributed by atoms with van der Waals surface area (Å²) in [6.45, 7) is 3.67. The zero-order chi connectivity index (χ0) is 29.6. The Labute approximate surface area is 237 Å². The van der Waals surface area contributed by atoms with Crippen LogP contribution in [0.3, 0.4) is 0 Å². The number of rotatable bonds is 9. The third-order valence-corrected chi connectivity index (χ3v) is 7.09. The Morgan fingerprint density at radius 2 is 1.93 bits per heavy atom. The van der Waals surface area contributed by atoms with Crippen LogP contribution in [-0.2, 0) is 22.5 Å². The van der Waals surface area contributed by atoms with Gasteiger partial charge in [0.05, 0.1) is 32.3 Å². The number of ether oxygens (including phenoxy) is 1. The van der Waals surface area contributed by atoms with Crippen molar-refractivity contribution in [3.8, 4) is 11.5 Å². The van der Waals surface area contributed by atoms with Crippen molar-refractivity contribution in [1.82, 2.24) is 9.88 Å². The number of hydrogen-bond acceptors (Lipinski definition) is 9. The zero-order valence-electron chi connectivity index (χ0n) is 23.2. The number of nitrogens with one attached hydrogen (secondary N) is 1. The van der Waals surface area contributed by atoms with Crippen LogP contribution in [-0.4, -0.2) is 81.3 Å². The lowest BCUT2D eigenvalue weighted by Gasteiger charge is -2.44. The number of piperidine rings is 1. The molecule has 2 heterocycles. The normalized spacial score (nSPS) is 19.2. The lowest BCUT2D eigenvalue weighted by molar-refractivity contribution is -0.928. The first-order valence-corrected chi connectivity index (χ1v) is 13.5. The number of carbonyl (C=O) groups is 3. The zero-order valence-corrected chi connectivity index (χ0v) is 23.2. The molecule has 1 aliphatic heterocycles. The van der Waals surface area contributed by atoms with E-state index in [4.69, 9.17) is 14.9 Å². The van der Waals surface area contributed by atoms with Crippen LogP contribution in [0.25, 0.3) is 0 Å². The molecule has 5 N–H and O–H groups in total. The number of carbonyl (C=O) groups excluding carboxylic acids is 3. The van der Waals surface area contributed by atoms with Gasteiger partial charge in [0.1, 0.15) is 30.9 Å². The van der Waals surface area contributed by atoms with Gasteiger partial charge in [-0.1, -0.05) is 24.3 Å².